The van der Waals surface area contributed by atoms with Crippen molar-refractivity contribution in [3.8, 4) is 0 Å². The molecular formula is C12H8Cl3N3O. The van der Waals surface area contributed by atoms with Crippen molar-refractivity contribution in [2.45, 2.75) is 5.88 Å². The van der Waals surface area contributed by atoms with Crippen molar-refractivity contribution in [3.05, 3.63) is 51.9 Å². The van der Waals surface area contributed by atoms with Gasteiger partial charge in [0.1, 0.15) is 11.0 Å². The minimum Gasteiger partial charge on any atom is -0.306 e. The molecular weight excluding hydrogens is 309 g/mol. The van der Waals surface area contributed by atoms with E-state index in [1.165, 1.54) is 6.07 Å². The molecule has 1 amide bonds. The lowest BCUT2D eigenvalue weighted by molar-refractivity contribution is 0.102. The third kappa shape index (κ3) is 3.80. The van der Waals surface area contributed by atoms with Crippen LogP contribution >= 0.6 is 34.8 Å². The summed E-state index contributed by atoms with van der Waals surface area (Å²) >= 11 is 17.1. The van der Waals surface area contributed by atoms with E-state index >= 15 is 0 Å². The number of aromatic nitrogens is 2. The summed E-state index contributed by atoms with van der Waals surface area (Å²) < 4.78 is 0. The summed E-state index contributed by atoms with van der Waals surface area (Å²) in [5.41, 5.74) is 1.33. The van der Waals surface area contributed by atoms with Gasteiger partial charge in [-0.15, -0.1) is 11.6 Å². The van der Waals surface area contributed by atoms with E-state index in [2.05, 4.69) is 15.3 Å². The van der Waals surface area contributed by atoms with Gasteiger partial charge in [-0.2, -0.15) is 0 Å². The molecule has 2 rings (SSSR count). The molecule has 0 saturated heterocycles. The Morgan fingerprint density at radius 1 is 1.21 bits per heavy atom. The van der Waals surface area contributed by atoms with E-state index in [0.29, 0.717) is 11.4 Å². The zero-order chi connectivity index (χ0) is 13.8. The van der Waals surface area contributed by atoms with Crippen LogP contribution in [0.3, 0.4) is 0 Å². The quantitative estimate of drug-likeness (QED) is 0.533. The third-order valence-electron chi connectivity index (χ3n) is 2.25. The highest BCUT2D eigenvalue weighted by Crippen LogP contribution is 2.16. The van der Waals surface area contributed by atoms with Crippen LogP contribution in [0.25, 0.3) is 0 Å². The molecule has 1 heterocycles. The molecule has 0 bridgehead atoms. The molecule has 19 heavy (non-hydrogen) atoms. The second-order valence-electron chi connectivity index (χ2n) is 3.63. The number of hydrogen-bond donors (Lipinski definition) is 1. The highest BCUT2D eigenvalue weighted by Gasteiger charge is 2.09. The smallest absolute Gasteiger partial charge is 0.256 e. The van der Waals surface area contributed by atoms with Gasteiger partial charge in [0.15, 0.2) is 0 Å². The number of rotatable bonds is 3. The summed E-state index contributed by atoms with van der Waals surface area (Å²) in [6.45, 7) is 0. The monoisotopic (exact) mass is 315 g/mol. The molecule has 0 unspecified atom stereocenters. The standard InChI is InChI=1S/C12H8Cl3N3O/c13-6-7-2-1-3-8(4-7)11(19)17-10-5-9(14)16-12(15)18-10/h1-5H,6H2,(H,16,17,18,19). The Labute approximate surface area is 124 Å². The fraction of sp³-hybridized carbons (Fsp3) is 0.0833. The van der Waals surface area contributed by atoms with Gasteiger partial charge in [0, 0.05) is 17.5 Å². The zero-order valence-electron chi connectivity index (χ0n) is 9.53. The first-order valence-electron chi connectivity index (χ1n) is 5.25. The van der Waals surface area contributed by atoms with Crippen LogP contribution in [0.1, 0.15) is 15.9 Å². The van der Waals surface area contributed by atoms with Crippen LogP contribution in [-0.4, -0.2) is 15.9 Å². The highest BCUT2D eigenvalue weighted by molar-refractivity contribution is 6.32. The van der Waals surface area contributed by atoms with Crippen molar-refractivity contribution in [2.75, 3.05) is 5.32 Å². The molecule has 1 N–H and O–H groups in total. The lowest BCUT2D eigenvalue weighted by Crippen LogP contribution is -2.13. The number of alkyl halides is 1. The summed E-state index contributed by atoms with van der Waals surface area (Å²) in [7, 11) is 0. The van der Waals surface area contributed by atoms with Crippen LogP contribution in [0.2, 0.25) is 10.4 Å². The topological polar surface area (TPSA) is 54.9 Å². The summed E-state index contributed by atoms with van der Waals surface area (Å²) in [4.78, 5) is 19.6. The number of nitrogens with zero attached hydrogens (tertiary/aromatic N) is 2. The van der Waals surface area contributed by atoms with Crippen LogP contribution in [0.4, 0.5) is 5.82 Å². The first-order chi connectivity index (χ1) is 9.08. The molecule has 0 atom stereocenters. The first kappa shape index (κ1) is 14.1. The molecule has 2 aromatic rings. The van der Waals surface area contributed by atoms with E-state index < -0.39 is 0 Å². The van der Waals surface area contributed by atoms with Crippen LogP contribution in [-0.2, 0) is 5.88 Å². The van der Waals surface area contributed by atoms with Crippen molar-refractivity contribution >= 4 is 46.5 Å². The average Bonchev–Trinajstić information content (AvgIpc) is 2.37. The number of benzene rings is 1. The molecule has 1 aromatic carbocycles. The molecule has 0 radical (unpaired) electrons. The fourth-order valence-corrected chi connectivity index (χ4v) is 2.01. The number of anilines is 1. The highest BCUT2D eigenvalue weighted by atomic mass is 35.5. The van der Waals surface area contributed by atoms with Gasteiger partial charge >= 0.3 is 0 Å². The zero-order valence-corrected chi connectivity index (χ0v) is 11.8. The summed E-state index contributed by atoms with van der Waals surface area (Å²) in [6.07, 6.45) is 0. The normalized spacial score (nSPS) is 10.3. The molecule has 1 aromatic heterocycles. The van der Waals surface area contributed by atoms with Gasteiger partial charge in [0.05, 0.1) is 0 Å². The molecule has 4 nitrogen and oxygen atoms in total. The van der Waals surface area contributed by atoms with E-state index in [4.69, 9.17) is 34.8 Å². The van der Waals surface area contributed by atoms with Crippen LogP contribution in [0, 0.1) is 0 Å². The fourth-order valence-electron chi connectivity index (χ4n) is 1.44. The van der Waals surface area contributed by atoms with Crippen molar-refractivity contribution in [1.82, 2.24) is 9.97 Å². The van der Waals surface area contributed by atoms with Gasteiger partial charge in [-0.05, 0) is 29.3 Å². The van der Waals surface area contributed by atoms with E-state index in [1.54, 1.807) is 18.2 Å². The summed E-state index contributed by atoms with van der Waals surface area (Å²) in [5.74, 6) is 0.260. The van der Waals surface area contributed by atoms with Crippen molar-refractivity contribution in [2.24, 2.45) is 0 Å². The molecule has 0 aliphatic carbocycles. The molecule has 0 fully saturated rings. The van der Waals surface area contributed by atoms with E-state index in [0.717, 1.165) is 5.56 Å². The van der Waals surface area contributed by atoms with E-state index in [1.807, 2.05) is 6.07 Å². The second-order valence-corrected chi connectivity index (χ2v) is 4.63. The van der Waals surface area contributed by atoms with Crippen molar-refractivity contribution in [1.29, 1.82) is 0 Å². The van der Waals surface area contributed by atoms with Crippen LogP contribution in [0.15, 0.2) is 30.3 Å². The Morgan fingerprint density at radius 2 is 2.00 bits per heavy atom. The molecule has 0 saturated carbocycles. The van der Waals surface area contributed by atoms with Crippen molar-refractivity contribution < 1.29 is 4.79 Å². The minimum atomic E-state index is -0.321. The van der Waals surface area contributed by atoms with Crippen molar-refractivity contribution in [3.63, 3.8) is 0 Å². The van der Waals surface area contributed by atoms with Gasteiger partial charge < -0.3 is 5.32 Å². The number of nitrogens with one attached hydrogen (secondary N) is 1. The summed E-state index contributed by atoms with van der Waals surface area (Å²) in [5, 5.41) is 2.72. The SMILES string of the molecule is O=C(Nc1cc(Cl)nc(Cl)n1)c1cccc(CCl)c1. The lowest BCUT2D eigenvalue weighted by atomic mass is 10.1. The number of halogens is 3. The predicted octanol–water partition coefficient (Wildman–Crippen LogP) is 3.77. The van der Waals surface area contributed by atoms with Gasteiger partial charge in [0.2, 0.25) is 5.28 Å². The number of amides is 1. The molecule has 7 heteroatoms. The second kappa shape index (κ2) is 6.19. The predicted molar refractivity (Wildman–Crippen MR) is 76.0 cm³/mol. The number of carbonyl (C=O) groups excluding carboxylic acids is 1. The minimum absolute atomic E-state index is 0.0303. The van der Waals surface area contributed by atoms with Gasteiger partial charge in [-0.25, -0.2) is 9.97 Å². The lowest BCUT2D eigenvalue weighted by Gasteiger charge is -2.06. The van der Waals surface area contributed by atoms with E-state index in [-0.39, 0.29) is 22.2 Å². The largest absolute Gasteiger partial charge is 0.306 e. The Hall–Kier alpha value is -1.36. The Kier molecular flexibility index (Phi) is 4.58. The van der Waals surface area contributed by atoms with Gasteiger partial charge in [-0.3, -0.25) is 4.79 Å². The Balaban J connectivity index is 2.20. The maximum absolute atomic E-state index is 12.0. The molecule has 0 spiro atoms. The van der Waals surface area contributed by atoms with Gasteiger partial charge in [-0.1, -0.05) is 23.7 Å². The third-order valence-corrected chi connectivity index (χ3v) is 2.92. The van der Waals surface area contributed by atoms with Crippen LogP contribution < -0.4 is 5.32 Å². The first-order valence-corrected chi connectivity index (χ1v) is 6.54. The molecule has 0 aliphatic heterocycles. The van der Waals surface area contributed by atoms with Gasteiger partial charge in [0.25, 0.3) is 5.91 Å². The Bertz CT molecular complexity index is 599. The number of hydrogen-bond acceptors (Lipinski definition) is 3. The average molecular weight is 317 g/mol. The maximum Gasteiger partial charge on any atom is 0.256 e. The number of carbonyl (C=O) groups is 1. The summed E-state index contributed by atoms with van der Waals surface area (Å²) in [6, 6.07) is 8.38. The molecule has 0 aliphatic rings. The van der Waals surface area contributed by atoms with E-state index in [9.17, 15) is 4.79 Å². The molecule has 98 valence electrons. The Morgan fingerprint density at radius 3 is 2.68 bits per heavy atom. The van der Waals surface area contributed by atoms with Crippen LogP contribution in [0.5, 0.6) is 0 Å². The maximum atomic E-state index is 12.0.